The van der Waals surface area contributed by atoms with Crippen molar-refractivity contribution in [3.63, 3.8) is 0 Å². The van der Waals surface area contributed by atoms with Crippen LogP contribution in [-0.4, -0.2) is 49.4 Å². The molecule has 3 rings (SSSR count). The van der Waals surface area contributed by atoms with Gasteiger partial charge in [-0.05, 0) is 49.9 Å². The molecule has 0 bridgehead atoms. The van der Waals surface area contributed by atoms with Crippen LogP contribution in [0.3, 0.4) is 0 Å². The minimum absolute atomic E-state index is 0.00386. The molecule has 0 saturated carbocycles. The van der Waals surface area contributed by atoms with Gasteiger partial charge in [-0.25, -0.2) is 0 Å². The molecule has 0 aliphatic carbocycles. The number of anilines is 1. The van der Waals surface area contributed by atoms with Gasteiger partial charge in [-0.1, -0.05) is 42.5 Å². The Balaban J connectivity index is 1.39. The maximum atomic E-state index is 12.5. The fourth-order valence-corrected chi connectivity index (χ4v) is 3.99. The zero-order valence-corrected chi connectivity index (χ0v) is 18.1. The van der Waals surface area contributed by atoms with E-state index < -0.39 is 0 Å². The van der Waals surface area contributed by atoms with Gasteiger partial charge >= 0.3 is 0 Å². The number of aryl methyl sites for hydroxylation is 1. The molecule has 2 aromatic carbocycles. The van der Waals surface area contributed by atoms with Crippen LogP contribution in [0.4, 0.5) is 5.69 Å². The van der Waals surface area contributed by atoms with Crippen molar-refractivity contribution in [2.24, 2.45) is 5.92 Å². The molecule has 2 amide bonds. The Kier molecular flexibility index (Phi) is 7.89. The Morgan fingerprint density at radius 3 is 2.70 bits per heavy atom. The molecule has 1 atom stereocenters. The van der Waals surface area contributed by atoms with E-state index in [1.165, 1.54) is 16.8 Å². The highest BCUT2D eigenvalue weighted by Crippen LogP contribution is 2.19. The lowest BCUT2D eigenvalue weighted by Gasteiger charge is -2.23. The second-order valence-electron chi connectivity index (χ2n) is 8.04. The van der Waals surface area contributed by atoms with Crippen LogP contribution in [0.25, 0.3) is 0 Å². The minimum Gasteiger partial charge on any atom is -0.372 e. The predicted octanol–water partition coefficient (Wildman–Crippen LogP) is 3.42. The van der Waals surface area contributed by atoms with Crippen LogP contribution in [0.15, 0.2) is 54.6 Å². The van der Waals surface area contributed by atoms with Crippen LogP contribution >= 0.6 is 0 Å². The number of nitrogens with one attached hydrogen (secondary N) is 1. The largest absolute Gasteiger partial charge is 0.372 e. The van der Waals surface area contributed by atoms with E-state index >= 15 is 0 Å². The molecule has 5 heteroatoms. The van der Waals surface area contributed by atoms with Gasteiger partial charge in [0.2, 0.25) is 11.8 Å². The number of carbonyl (C=O) groups excluding carboxylic acids is 2. The van der Waals surface area contributed by atoms with Gasteiger partial charge in [-0.15, -0.1) is 0 Å². The van der Waals surface area contributed by atoms with E-state index in [2.05, 4.69) is 60.5 Å². The summed E-state index contributed by atoms with van der Waals surface area (Å²) in [5.41, 5.74) is 3.69. The van der Waals surface area contributed by atoms with E-state index in [-0.39, 0.29) is 17.7 Å². The average Bonchev–Trinajstić information content (AvgIpc) is 3.13. The Morgan fingerprint density at radius 1 is 1.17 bits per heavy atom. The third-order valence-electron chi connectivity index (χ3n) is 5.75. The summed E-state index contributed by atoms with van der Waals surface area (Å²) in [7, 11) is 0. The van der Waals surface area contributed by atoms with E-state index in [1.807, 2.05) is 23.1 Å². The third kappa shape index (κ3) is 6.09. The summed E-state index contributed by atoms with van der Waals surface area (Å²) >= 11 is 0. The van der Waals surface area contributed by atoms with Gasteiger partial charge < -0.3 is 15.1 Å². The number of hydrogen-bond donors (Lipinski definition) is 1. The molecule has 0 spiro atoms. The van der Waals surface area contributed by atoms with Gasteiger partial charge in [0, 0.05) is 44.8 Å². The quantitative estimate of drug-likeness (QED) is 0.614. The van der Waals surface area contributed by atoms with E-state index in [4.69, 9.17) is 0 Å². The molecule has 1 aliphatic heterocycles. The monoisotopic (exact) mass is 407 g/mol. The number of carbonyl (C=O) groups is 2. The van der Waals surface area contributed by atoms with Gasteiger partial charge in [0.1, 0.15) is 0 Å². The number of amides is 2. The van der Waals surface area contributed by atoms with E-state index in [0.717, 1.165) is 25.9 Å². The highest BCUT2D eigenvalue weighted by atomic mass is 16.2. The minimum atomic E-state index is -0.229. The lowest BCUT2D eigenvalue weighted by atomic mass is 10.1. The summed E-state index contributed by atoms with van der Waals surface area (Å²) in [6.07, 6.45) is 2.03. The smallest absolute Gasteiger partial charge is 0.225 e. The number of benzene rings is 2. The molecule has 1 N–H and O–H groups in total. The zero-order chi connectivity index (χ0) is 21.3. The molecule has 1 heterocycles. The standard InChI is InChI=1S/C25H33N3O2/c1-3-27(23-12-7-9-20(2)17-23)15-8-14-26-25(30)22-18-24(29)28(19-22)16-13-21-10-5-4-6-11-21/h4-7,9-12,17,22H,3,8,13-16,18-19H2,1-2H3,(H,26,30). The Hall–Kier alpha value is -2.82. The summed E-state index contributed by atoms with van der Waals surface area (Å²) in [4.78, 5) is 29.0. The highest BCUT2D eigenvalue weighted by molar-refractivity contribution is 5.89. The summed E-state index contributed by atoms with van der Waals surface area (Å²) in [6, 6.07) is 18.7. The lowest BCUT2D eigenvalue weighted by Crippen LogP contribution is -2.35. The van der Waals surface area contributed by atoms with Crippen LogP contribution in [0, 0.1) is 12.8 Å². The first kappa shape index (κ1) is 21.9. The molecule has 0 aromatic heterocycles. The van der Waals surface area contributed by atoms with Crippen LogP contribution in [0.2, 0.25) is 0 Å². The summed E-state index contributed by atoms with van der Waals surface area (Å²) in [5.74, 6) is -0.140. The topological polar surface area (TPSA) is 52.7 Å². The molecule has 1 aliphatic rings. The SMILES string of the molecule is CCN(CCCNC(=O)C1CC(=O)N(CCc2ccccc2)C1)c1cccc(C)c1. The van der Waals surface area contributed by atoms with Gasteiger partial charge in [0.15, 0.2) is 0 Å². The van der Waals surface area contributed by atoms with Gasteiger partial charge in [-0.3, -0.25) is 9.59 Å². The van der Waals surface area contributed by atoms with Gasteiger partial charge in [-0.2, -0.15) is 0 Å². The predicted molar refractivity (Wildman–Crippen MR) is 122 cm³/mol. The molecule has 2 aromatic rings. The van der Waals surface area contributed by atoms with Gasteiger partial charge in [0.05, 0.1) is 5.92 Å². The van der Waals surface area contributed by atoms with Crippen LogP contribution in [0.5, 0.6) is 0 Å². The zero-order valence-electron chi connectivity index (χ0n) is 18.1. The van der Waals surface area contributed by atoms with Crippen molar-refractivity contribution in [3.8, 4) is 0 Å². The second-order valence-corrected chi connectivity index (χ2v) is 8.04. The fraction of sp³-hybridized carbons (Fsp3) is 0.440. The van der Waals surface area contributed by atoms with Crippen molar-refractivity contribution in [1.29, 1.82) is 0 Å². The molecule has 5 nitrogen and oxygen atoms in total. The molecule has 1 fully saturated rings. The van der Waals surface area contributed by atoms with Crippen LogP contribution < -0.4 is 10.2 Å². The molecule has 30 heavy (non-hydrogen) atoms. The second kappa shape index (κ2) is 10.8. The van der Waals surface area contributed by atoms with Crippen LogP contribution in [0.1, 0.15) is 30.9 Å². The molecule has 1 unspecified atom stereocenters. The number of rotatable bonds is 10. The van der Waals surface area contributed by atoms with Gasteiger partial charge in [0.25, 0.3) is 0 Å². The summed E-state index contributed by atoms with van der Waals surface area (Å²) in [5, 5.41) is 3.04. The first-order valence-electron chi connectivity index (χ1n) is 11.0. The van der Waals surface area contributed by atoms with Crippen molar-refractivity contribution in [1.82, 2.24) is 10.2 Å². The molecular formula is C25H33N3O2. The summed E-state index contributed by atoms with van der Waals surface area (Å²) < 4.78 is 0. The molecule has 1 saturated heterocycles. The van der Waals surface area contributed by atoms with Crippen molar-refractivity contribution in [2.45, 2.75) is 33.1 Å². The normalized spacial score (nSPS) is 16.0. The van der Waals surface area contributed by atoms with Crippen molar-refractivity contribution >= 4 is 17.5 Å². The first-order valence-corrected chi connectivity index (χ1v) is 11.0. The lowest BCUT2D eigenvalue weighted by molar-refractivity contribution is -0.129. The van der Waals surface area contributed by atoms with Crippen molar-refractivity contribution in [2.75, 3.05) is 37.6 Å². The van der Waals surface area contributed by atoms with E-state index in [0.29, 0.717) is 26.1 Å². The molecular weight excluding hydrogens is 374 g/mol. The number of nitrogens with zero attached hydrogens (tertiary/aromatic N) is 2. The van der Waals surface area contributed by atoms with E-state index in [9.17, 15) is 9.59 Å². The fourth-order valence-electron chi connectivity index (χ4n) is 3.99. The molecule has 160 valence electrons. The summed E-state index contributed by atoms with van der Waals surface area (Å²) in [6.45, 7) is 7.92. The maximum Gasteiger partial charge on any atom is 0.225 e. The molecule has 0 radical (unpaired) electrons. The third-order valence-corrected chi connectivity index (χ3v) is 5.75. The van der Waals surface area contributed by atoms with Crippen molar-refractivity contribution in [3.05, 3.63) is 65.7 Å². The maximum absolute atomic E-state index is 12.5. The Labute approximate surface area is 180 Å². The Morgan fingerprint density at radius 2 is 1.97 bits per heavy atom. The van der Waals surface area contributed by atoms with E-state index in [1.54, 1.807) is 0 Å². The average molecular weight is 408 g/mol. The number of hydrogen-bond acceptors (Lipinski definition) is 3. The van der Waals surface area contributed by atoms with Crippen molar-refractivity contribution < 1.29 is 9.59 Å². The van der Waals surface area contributed by atoms with Crippen LogP contribution in [-0.2, 0) is 16.0 Å². The Bertz CT molecular complexity index is 837. The number of likely N-dealkylation sites (tertiary alicyclic amines) is 1. The first-order chi connectivity index (χ1) is 14.6. The highest BCUT2D eigenvalue weighted by Gasteiger charge is 2.33.